The summed E-state index contributed by atoms with van der Waals surface area (Å²) in [4.78, 5) is 23.8. The average Bonchev–Trinajstić information content (AvgIpc) is 2.77. The molecule has 0 amide bonds. The van der Waals surface area contributed by atoms with Crippen LogP contribution >= 0.6 is 0 Å². The van der Waals surface area contributed by atoms with E-state index in [4.69, 9.17) is 13.9 Å². The molecule has 5 nitrogen and oxygen atoms in total. The molecule has 1 heterocycles. The van der Waals surface area contributed by atoms with Gasteiger partial charge in [0.2, 0.25) is 5.76 Å². The number of esters is 1. The van der Waals surface area contributed by atoms with E-state index >= 15 is 0 Å². The molecule has 1 aromatic rings. The Morgan fingerprint density at radius 3 is 2.80 bits per heavy atom. The molecule has 2 rings (SSSR count). The first-order valence-electron chi connectivity index (χ1n) is 6.90. The van der Waals surface area contributed by atoms with E-state index in [-0.39, 0.29) is 24.3 Å². The van der Waals surface area contributed by atoms with Crippen LogP contribution in [0, 0.1) is 6.92 Å². The molecule has 0 bridgehead atoms. The van der Waals surface area contributed by atoms with Gasteiger partial charge < -0.3 is 13.9 Å². The van der Waals surface area contributed by atoms with Crippen molar-refractivity contribution >= 4 is 11.8 Å². The lowest BCUT2D eigenvalue weighted by Crippen LogP contribution is -2.13. The highest BCUT2D eigenvalue weighted by Crippen LogP contribution is 2.29. The van der Waals surface area contributed by atoms with E-state index in [0.717, 1.165) is 6.42 Å². The molecule has 0 fully saturated rings. The summed E-state index contributed by atoms with van der Waals surface area (Å²) < 4.78 is 15.8. The number of fused-ring (bicyclic) bond motifs is 1. The van der Waals surface area contributed by atoms with Gasteiger partial charge >= 0.3 is 5.97 Å². The molecule has 110 valence electrons. The first kappa shape index (κ1) is 14.8. The van der Waals surface area contributed by atoms with Crippen LogP contribution in [0.5, 0.6) is 0 Å². The van der Waals surface area contributed by atoms with Crippen LogP contribution in [0.3, 0.4) is 0 Å². The number of methoxy groups -OCH3 is 1. The molecule has 1 aliphatic carbocycles. The second-order valence-electron chi connectivity index (χ2n) is 5.10. The topological polar surface area (TPSA) is 65.7 Å². The Morgan fingerprint density at radius 2 is 2.15 bits per heavy atom. The molecule has 0 saturated heterocycles. The molecule has 0 saturated carbocycles. The fourth-order valence-corrected chi connectivity index (χ4v) is 2.34. The van der Waals surface area contributed by atoms with Crippen molar-refractivity contribution in [1.29, 1.82) is 0 Å². The molecule has 0 unspecified atom stereocenters. The highest BCUT2D eigenvalue weighted by atomic mass is 16.5. The van der Waals surface area contributed by atoms with Gasteiger partial charge in [0.05, 0.1) is 18.3 Å². The molecule has 20 heavy (non-hydrogen) atoms. The lowest BCUT2D eigenvalue weighted by Gasteiger charge is -2.09. The highest BCUT2D eigenvalue weighted by Gasteiger charge is 2.29. The summed E-state index contributed by atoms with van der Waals surface area (Å²) >= 11 is 0. The quantitative estimate of drug-likeness (QED) is 0.776. The highest BCUT2D eigenvalue weighted by molar-refractivity contribution is 6.02. The third kappa shape index (κ3) is 2.93. The van der Waals surface area contributed by atoms with Crippen molar-refractivity contribution in [2.24, 2.45) is 0 Å². The number of furan rings is 1. The van der Waals surface area contributed by atoms with Crippen molar-refractivity contribution in [2.45, 2.75) is 45.6 Å². The number of ketones is 1. The van der Waals surface area contributed by atoms with Crippen molar-refractivity contribution in [2.75, 3.05) is 13.7 Å². The van der Waals surface area contributed by atoms with Gasteiger partial charge in [-0.1, -0.05) is 0 Å². The number of rotatable bonds is 5. The van der Waals surface area contributed by atoms with Crippen LogP contribution in [0.4, 0.5) is 0 Å². The van der Waals surface area contributed by atoms with Crippen LogP contribution in [0.15, 0.2) is 4.42 Å². The maximum atomic E-state index is 12.0. The minimum atomic E-state index is -0.506. The first-order chi connectivity index (χ1) is 9.54. The number of hydrogen-bond donors (Lipinski definition) is 0. The van der Waals surface area contributed by atoms with E-state index in [1.165, 1.54) is 0 Å². The molecule has 0 N–H and O–H groups in total. The zero-order valence-corrected chi connectivity index (χ0v) is 12.2. The number of Topliss-reactive ketones (excluding diaryl/α,β-unsaturated/α-hetero) is 1. The van der Waals surface area contributed by atoms with E-state index in [0.29, 0.717) is 36.1 Å². The summed E-state index contributed by atoms with van der Waals surface area (Å²) in [5, 5.41) is 0. The summed E-state index contributed by atoms with van der Waals surface area (Å²) in [6, 6.07) is 0. The normalized spacial score (nSPS) is 15.8. The summed E-state index contributed by atoms with van der Waals surface area (Å²) in [5.41, 5.74) is 1.18. The Labute approximate surface area is 118 Å². The number of aryl methyl sites for hydroxylation is 1. The molecule has 5 heteroatoms. The van der Waals surface area contributed by atoms with Gasteiger partial charge in [0.15, 0.2) is 5.78 Å². The fraction of sp³-hybridized carbons (Fsp3) is 0.600. The Bertz CT molecular complexity index is 515. The summed E-state index contributed by atoms with van der Waals surface area (Å²) in [7, 11) is 1.61. The maximum Gasteiger partial charge on any atom is 0.374 e. The van der Waals surface area contributed by atoms with Gasteiger partial charge in [-0.15, -0.1) is 0 Å². The summed E-state index contributed by atoms with van der Waals surface area (Å²) in [6.07, 6.45) is 2.66. The number of hydrogen-bond acceptors (Lipinski definition) is 5. The van der Waals surface area contributed by atoms with Gasteiger partial charge in [0.25, 0.3) is 0 Å². The van der Waals surface area contributed by atoms with Crippen molar-refractivity contribution in [1.82, 2.24) is 0 Å². The first-order valence-corrected chi connectivity index (χ1v) is 6.90. The zero-order chi connectivity index (χ0) is 14.7. The third-order valence-corrected chi connectivity index (χ3v) is 3.65. The minimum absolute atomic E-state index is 0.0373. The van der Waals surface area contributed by atoms with Crippen molar-refractivity contribution in [3.05, 3.63) is 22.6 Å². The van der Waals surface area contributed by atoms with E-state index < -0.39 is 5.97 Å². The Hall–Kier alpha value is -1.62. The van der Waals surface area contributed by atoms with Crippen molar-refractivity contribution < 1.29 is 23.5 Å². The molecule has 0 aromatic carbocycles. The predicted octanol–water partition coefficient (Wildman–Crippen LogP) is 2.69. The number of ether oxygens (including phenoxy) is 2. The minimum Gasteiger partial charge on any atom is -0.460 e. The van der Waals surface area contributed by atoms with Gasteiger partial charge in [-0.05, 0) is 20.3 Å². The lowest BCUT2D eigenvalue weighted by atomic mass is 9.94. The molecule has 1 aromatic heterocycles. The molecule has 0 radical (unpaired) electrons. The van der Waals surface area contributed by atoms with Gasteiger partial charge in [-0.3, -0.25) is 4.79 Å². The third-order valence-electron chi connectivity index (χ3n) is 3.65. The van der Waals surface area contributed by atoms with Crippen LogP contribution < -0.4 is 0 Å². The lowest BCUT2D eigenvalue weighted by molar-refractivity contribution is 0.0357. The van der Waals surface area contributed by atoms with Gasteiger partial charge in [-0.25, -0.2) is 4.79 Å². The Morgan fingerprint density at radius 1 is 1.40 bits per heavy atom. The van der Waals surface area contributed by atoms with E-state index in [1.54, 1.807) is 14.0 Å². The molecule has 1 aliphatic rings. The second-order valence-corrected chi connectivity index (χ2v) is 5.10. The Kier molecular flexibility index (Phi) is 4.60. The molecule has 1 atom stereocenters. The zero-order valence-electron chi connectivity index (χ0n) is 12.2. The summed E-state index contributed by atoms with van der Waals surface area (Å²) in [6.45, 7) is 3.91. The largest absolute Gasteiger partial charge is 0.460 e. The molecule has 0 spiro atoms. The van der Waals surface area contributed by atoms with Crippen LogP contribution in [0.1, 0.15) is 58.4 Å². The Balaban J connectivity index is 2.06. The SMILES string of the molecule is CO[C@@H](C)CCOC(=O)c1oc2c(c1C)C(=O)CCC2. The van der Waals surface area contributed by atoms with E-state index in [1.807, 2.05) is 6.92 Å². The smallest absolute Gasteiger partial charge is 0.374 e. The van der Waals surface area contributed by atoms with E-state index in [9.17, 15) is 9.59 Å². The summed E-state index contributed by atoms with van der Waals surface area (Å²) in [5.74, 6) is 0.332. The van der Waals surface area contributed by atoms with Crippen LogP contribution in [0.2, 0.25) is 0 Å². The van der Waals surface area contributed by atoms with Gasteiger partial charge in [0, 0.05) is 31.9 Å². The van der Waals surface area contributed by atoms with Gasteiger partial charge in [0.1, 0.15) is 5.76 Å². The van der Waals surface area contributed by atoms with Crippen molar-refractivity contribution in [3.63, 3.8) is 0 Å². The van der Waals surface area contributed by atoms with Crippen LogP contribution in [-0.4, -0.2) is 31.6 Å². The standard InChI is InChI=1S/C15H20O5/c1-9(18-3)7-8-19-15(17)14-10(2)13-11(16)5-4-6-12(13)20-14/h9H,4-8H2,1-3H3/t9-/m0/s1. The predicted molar refractivity (Wildman–Crippen MR) is 72.1 cm³/mol. The molecular formula is C15H20O5. The molecular weight excluding hydrogens is 260 g/mol. The average molecular weight is 280 g/mol. The molecule has 0 aliphatic heterocycles. The fourth-order valence-electron chi connectivity index (χ4n) is 2.34. The van der Waals surface area contributed by atoms with Gasteiger partial charge in [-0.2, -0.15) is 0 Å². The maximum absolute atomic E-state index is 12.0. The monoisotopic (exact) mass is 280 g/mol. The number of carbonyl (C=O) groups excluding carboxylic acids is 2. The van der Waals surface area contributed by atoms with Crippen LogP contribution in [-0.2, 0) is 15.9 Å². The number of carbonyl (C=O) groups is 2. The van der Waals surface area contributed by atoms with Crippen molar-refractivity contribution in [3.8, 4) is 0 Å². The van der Waals surface area contributed by atoms with E-state index in [2.05, 4.69) is 0 Å². The van der Waals surface area contributed by atoms with Crippen LogP contribution in [0.25, 0.3) is 0 Å². The second kappa shape index (κ2) is 6.22.